The molecular weight excluding hydrogens is 438 g/mol. The molecule has 0 bridgehead atoms. The number of carbonyl (C=O) groups is 1. The number of methoxy groups -OCH3 is 5. The van der Waals surface area contributed by atoms with Gasteiger partial charge in [-0.15, -0.1) is 0 Å². The van der Waals surface area contributed by atoms with Gasteiger partial charge in [0, 0.05) is 12.5 Å². The van der Waals surface area contributed by atoms with Gasteiger partial charge >= 0.3 is 0 Å². The van der Waals surface area contributed by atoms with E-state index in [1.165, 1.54) is 48.5 Å². The lowest BCUT2D eigenvalue weighted by atomic mass is 9.95. The summed E-state index contributed by atoms with van der Waals surface area (Å²) in [4.78, 5) is 25.0. The van der Waals surface area contributed by atoms with Crippen LogP contribution in [0, 0.1) is 0 Å². The molecule has 0 radical (unpaired) electrons. The van der Waals surface area contributed by atoms with E-state index in [-0.39, 0.29) is 22.8 Å². The molecule has 172 valence electrons. The van der Waals surface area contributed by atoms with Gasteiger partial charge in [-0.25, -0.2) is 0 Å². The zero-order valence-electron chi connectivity index (χ0n) is 18.9. The van der Waals surface area contributed by atoms with Gasteiger partial charge in [0.1, 0.15) is 0 Å². The predicted molar refractivity (Wildman–Crippen MR) is 121 cm³/mol. The third-order valence-electron chi connectivity index (χ3n) is 5.47. The number of fused-ring (bicyclic) bond motifs is 3. The Morgan fingerprint density at radius 2 is 1.56 bits per heavy atom. The smallest absolute Gasteiger partial charge is 0.224 e. The molecule has 0 saturated heterocycles. The van der Waals surface area contributed by atoms with Gasteiger partial charge in [0.2, 0.25) is 22.8 Å². The highest BCUT2D eigenvalue weighted by Gasteiger charge is 2.33. The number of rotatable bonds is 6. The average Bonchev–Trinajstić information content (AvgIpc) is 3.00. The first-order valence-corrected chi connectivity index (χ1v) is 10.3. The molecule has 1 aliphatic carbocycles. The molecule has 1 N–H and O–H groups in total. The first-order chi connectivity index (χ1) is 15.3. The third kappa shape index (κ3) is 3.90. The number of hydrogen-bond acceptors (Lipinski definition) is 7. The van der Waals surface area contributed by atoms with Crippen LogP contribution in [-0.2, 0) is 11.2 Å². The maximum atomic E-state index is 13.0. The molecule has 0 spiro atoms. The van der Waals surface area contributed by atoms with Crippen molar-refractivity contribution >= 4 is 17.5 Å². The topological polar surface area (TPSA) is 92.3 Å². The van der Waals surface area contributed by atoms with E-state index < -0.39 is 6.04 Å². The van der Waals surface area contributed by atoms with Gasteiger partial charge in [-0.1, -0.05) is 11.6 Å². The molecule has 0 heterocycles. The summed E-state index contributed by atoms with van der Waals surface area (Å²) >= 11 is 6.76. The Hall–Kier alpha value is -3.13. The average molecular weight is 464 g/mol. The van der Waals surface area contributed by atoms with Crippen molar-refractivity contribution in [3.05, 3.63) is 38.5 Å². The van der Waals surface area contributed by atoms with E-state index in [1.54, 1.807) is 6.07 Å². The maximum Gasteiger partial charge on any atom is 0.224 e. The normalized spacial score (nSPS) is 14.4. The molecule has 0 aromatic heterocycles. The number of hydrogen-bond donors (Lipinski definition) is 1. The van der Waals surface area contributed by atoms with E-state index in [9.17, 15) is 9.59 Å². The summed E-state index contributed by atoms with van der Waals surface area (Å²) in [6.45, 7) is 1.43. The first kappa shape index (κ1) is 23.5. The fourth-order valence-electron chi connectivity index (χ4n) is 4.17. The van der Waals surface area contributed by atoms with Crippen LogP contribution >= 0.6 is 11.6 Å². The third-order valence-corrected chi connectivity index (χ3v) is 5.87. The Morgan fingerprint density at radius 1 is 0.938 bits per heavy atom. The van der Waals surface area contributed by atoms with Crippen LogP contribution in [0.3, 0.4) is 0 Å². The van der Waals surface area contributed by atoms with Crippen LogP contribution in [-0.4, -0.2) is 41.5 Å². The number of benzene rings is 1. The van der Waals surface area contributed by atoms with Gasteiger partial charge in [-0.05, 0) is 41.7 Å². The van der Waals surface area contributed by atoms with Crippen LogP contribution in [0.2, 0.25) is 5.02 Å². The van der Waals surface area contributed by atoms with Crippen molar-refractivity contribution in [2.24, 2.45) is 0 Å². The number of ether oxygens (including phenoxy) is 5. The Kier molecular flexibility index (Phi) is 7.03. The molecule has 32 heavy (non-hydrogen) atoms. The fourth-order valence-corrected chi connectivity index (χ4v) is 4.52. The SMILES string of the molecule is COc1cc2c(cc(=O)c1OC)C(NC(C)=O)CCc1c(Cl)c(OC)c(OC)c(OC)c1-2. The summed E-state index contributed by atoms with van der Waals surface area (Å²) in [5.41, 5.74) is 2.19. The number of nitrogens with one attached hydrogen (secondary N) is 1. The summed E-state index contributed by atoms with van der Waals surface area (Å²) in [6.07, 6.45) is 0.980. The molecule has 0 aliphatic heterocycles. The minimum atomic E-state index is -0.456. The van der Waals surface area contributed by atoms with Crippen LogP contribution in [0.5, 0.6) is 28.7 Å². The molecule has 1 amide bonds. The van der Waals surface area contributed by atoms with Gasteiger partial charge in [-0.3, -0.25) is 9.59 Å². The lowest BCUT2D eigenvalue weighted by Gasteiger charge is -2.21. The standard InChI is InChI=1S/C23H26ClNO7/c1-11(26)25-15-8-7-12-18(21(30-4)23(32-6)22(31-5)19(12)24)14-10-17(28-2)20(29-3)16(27)9-13(14)15/h9-10,15H,7-8H2,1-6H3,(H,25,26). The summed E-state index contributed by atoms with van der Waals surface area (Å²) < 4.78 is 27.6. The number of halogens is 1. The molecule has 2 aromatic carbocycles. The van der Waals surface area contributed by atoms with Gasteiger partial charge in [-0.2, -0.15) is 0 Å². The second-order valence-corrected chi connectivity index (χ2v) is 7.56. The molecule has 1 aliphatic rings. The first-order valence-electron chi connectivity index (χ1n) is 9.90. The van der Waals surface area contributed by atoms with Crippen molar-refractivity contribution < 1.29 is 28.5 Å². The summed E-state index contributed by atoms with van der Waals surface area (Å²) in [6, 6.07) is 2.69. The summed E-state index contributed by atoms with van der Waals surface area (Å²) in [7, 11) is 7.35. The monoisotopic (exact) mass is 463 g/mol. The molecule has 0 fully saturated rings. The van der Waals surface area contributed by atoms with Crippen molar-refractivity contribution in [3.8, 4) is 39.9 Å². The van der Waals surface area contributed by atoms with Crippen molar-refractivity contribution in [3.63, 3.8) is 0 Å². The van der Waals surface area contributed by atoms with Gasteiger partial charge in [0.15, 0.2) is 17.2 Å². The van der Waals surface area contributed by atoms with E-state index in [2.05, 4.69) is 5.32 Å². The predicted octanol–water partition coefficient (Wildman–Crippen LogP) is 3.53. The van der Waals surface area contributed by atoms with Crippen molar-refractivity contribution in [2.75, 3.05) is 35.5 Å². The van der Waals surface area contributed by atoms with Gasteiger partial charge < -0.3 is 29.0 Å². The maximum absolute atomic E-state index is 13.0. The van der Waals surface area contributed by atoms with E-state index in [4.69, 9.17) is 35.3 Å². The highest BCUT2D eigenvalue weighted by atomic mass is 35.5. The van der Waals surface area contributed by atoms with Crippen LogP contribution in [0.25, 0.3) is 11.1 Å². The molecule has 9 heteroatoms. The van der Waals surface area contributed by atoms with E-state index in [1.807, 2.05) is 0 Å². The number of carbonyl (C=O) groups excluding carboxylic acids is 1. The number of amides is 1. The van der Waals surface area contributed by atoms with Crippen LogP contribution in [0.1, 0.15) is 30.5 Å². The molecule has 2 aromatic rings. The van der Waals surface area contributed by atoms with Crippen LogP contribution in [0.4, 0.5) is 0 Å². The highest BCUT2D eigenvalue weighted by Crippen LogP contribution is 2.54. The van der Waals surface area contributed by atoms with Crippen LogP contribution in [0.15, 0.2) is 16.9 Å². The largest absolute Gasteiger partial charge is 0.493 e. The Morgan fingerprint density at radius 3 is 2.09 bits per heavy atom. The lowest BCUT2D eigenvalue weighted by Crippen LogP contribution is -2.26. The zero-order valence-corrected chi connectivity index (χ0v) is 19.6. The van der Waals surface area contributed by atoms with E-state index >= 15 is 0 Å². The molecule has 3 rings (SSSR count). The second kappa shape index (κ2) is 9.56. The summed E-state index contributed by atoms with van der Waals surface area (Å²) in [5.74, 6) is 1.13. The Bertz CT molecular complexity index is 1120. The minimum absolute atomic E-state index is 0.0502. The fraction of sp³-hybridized carbons (Fsp3) is 0.391. The lowest BCUT2D eigenvalue weighted by molar-refractivity contribution is -0.119. The minimum Gasteiger partial charge on any atom is -0.493 e. The molecule has 8 nitrogen and oxygen atoms in total. The van der Waals surface area contributed by atoms with Crippen LogP contribution < -0.4 is 34.4 Å². The van der Waals surface area contributed by atoms with Gasteiger partial charge in [0.05, 0.1) is 46.6 Å². The van der Waals surface area contributed by atoms with E-state index in [0.29, 0.717) is 51.8 Å². The molecule has 1 unspecified atom stereocenters. The molecule has 1 atom stereocenters. The van der Waals surface area contributed by atoms with E-state index in [0.717, 1.165) is 5.56 Å². The van der Waals surface area contributed by atoms with Crippen molar-refractivity contribution in [2.45, 2.75) is 25.8 Å². The zero-order chi connectivity index (χ0) is 23.6. The Balaban J connectivity index is 2.55. The summed E-state index contributed by atoms with van der Waals surface area (Å²) in [5, 5.41) is 3.31. The second-order valence-electron chi connectivity index (χ2n) is 7.18. The van der Waals surface area contributed by atoms with Crippen molar-refractivity contribution in [1.82, 2.24) is 5.32 Å². The van der Waals surface area contributed by atoms with Crippen molar-refractivity contribution in [1.29, 1.82) is 0 Å². The molecular formula is C23H26ClNO7. The highest BCUT2D eigenvalue weighted by molar-refractivity contribution is 6.34. The van der Waals surface area contributed by atoms with Gasteiger partial charge in [0.25, 0.3) is 0 Å². The molecule has 0 saturated carbocycles. The Labute approximate surface area is 191 Å². The quantitative estimate of drug-likeness (QED) is 0.700.